The van der Waals surface area contributed by atoms with Crippen molar-refractivity contribution in [3.8, 4) is 12.1 Å². The van der Waals surface area contributed by atoms with Crippen LogP contribution in [-0.4, -0.2) is 36.3 Å². The summed E-state index contributed by atoms with van der Waals surface area (Å²) in [4.78, 5) is 28.0. The maximum Gasteiger partial charge on any atom is 0.228 e. The van der Waals surface area contributed by atoms with Gasteiger partial charge in [0.05, 0.1) is 30.9 Å². The molecule has 2 amide bonds. The van der Waals surface area contributed by atoms with Gasteiger partial charge in [-0.15, -0.1) is 0 Å². The number of benzene rings is 1. The van der Waals surface area contributed by atoms with Crippen molar-refractivity contribution in [2.75, 3.05) is 24.5 Å². The van der Waals surface area contributed by atoms with Gasteiger partial charge in [-0.25, -0.2) is 0 Å². The third-order valence-corrected chi connectivity index (χ3v) is 4.16. The first-order valence-electron chi connectivity index (χ1n) is 7.65. The molecule has 124 valence electrons. The van der Waals surface area contributed by atoms with E-state index in [1.165, 1.54) is 4.90 Å². The van der Waals surface area contributed by atoms with Gasteiger partial charge in [0.15, 0.2) is 0 Å². The summed E-state index contributed by atoms with van der Waals surface area (Å²) in [5.74, 6) is -0.743. The Kier molecular flexibility index (Phi) is 6.17. The number of carbonyl (C=O) groups is 2. The molecule has 7 heteroatoms. The molecular weight excluding hydrogens is 328 g/mol. The molecule has 1 heterocycles. The van der Waals surface area contributed by atoms with Crippen molar-refractivity contribution in [2.45, 2.75) is 19.3 Å². The van der Waals surface area contributed by atoms with Crippen LogP contribution < -0.4 is 4.90 Å². The van der Waals surface area contributed by atoms with Crippen molar-refractivity contribution < 1.29 is 9.59 Å². The number of nitrogens with zero attached hydrogens (tertiary/aromatic N) is 4. The van der Waals surface area contributed by atoms with Gasteiger partial charge in [-0.3, -0.25) is 9.59 Å². The van der Waals surface area contributed by atoms with Crippen LogP contribution in [0.3, 0.4) is 0 Å². The third-order valence-electron chi connectivity index (χ3n) is 3.91. The van der Waals surface area contributed by atoms with Gasteiger partial charge in [-0.2, -0.15) is 10.5 Å². The first kappa shape index (κ1) is 17.8. The van der Waals surface area contributed by atoms with Crippen LogP contribution in [0.25, 0.3) is 0 Å². The minimum Gasteiger partial charge on any atom is -0.340 e. The number of amides is 2. The fourth-order valence-electron chi connectivity index (χ4n) is 2.70. The lowest BCUT2D eigenvalue weighted by Gasteiger charge is -2.24. The van der Waals surface area contributed by atoms with Crippen LogP contribution in [0, 0.1) is 28.6 Å². The van der Waals surface area contributed by atoms with E-state index in [4.69, 9.17) is 22.1 Å². The monoisotopic (exact) mass is 344 g/mol. The molecule has 0 spiro atoms. The highest BCUT2D eigenvalue weighted by Crippen LogP contribution is 2.27. The average molecular weight is 345 g/mol. The van der Waals surface area contributed by atoms with Crippen LogP contribution in [0.5, 0.6) is 0 Å². The molecule has 0 saturated carbocycles. The Morgan fingerprint density at radius 3 is 2.33 bits per heavy atom. The first-order chi connectivity index (χ1) is 11.6. The number of halogens is 1. The number of rotatable bonds is 6. The predicted molar refractivity (Wildman–Crippen MR) is 89.0 cm³/mol. The van der Waals surface area contributed by atoms with E-state index < -0.39 is 5.92 Å². The molecule has 0 aromatic heterocycles. The van der Waals surface area contributed by atoms with Crippen molar-refractivity contribution in [3.05, 3.63) is 29.3 Å². The molecule has 6 nitrogen and oxygen atoms in total. The summed E-state index contributed by atoms with van der Waals surface area (Å²) in [6, 6.07) is 10.9. The zero-order chi connectivity index (χ0) is 17.5. The Morgan fingerprint density at radius 2 is 1.79 bits per heavy atom. The van der Waals surface area contributed by atoms with Crippen molar-refractivity contribution in [1.82, 2.24) is 4.90 Å². The average Bonchev–Trinajstić information content (AvgIpc) is 2.97. The van der Waals surface area contributed by atoms with E-state index in [1.807, 2.05) is 12.1 Å². The highest BCUT2D eigenvalue weighted by molar-refractivity contribution is 6.30. The largest absolute Gasteiger partial charge is 0.340 e. The van der Waals surface area contributed by atoms with Gasteiger partial charge < -0.3 is 9.80 Å². The molecule has 1 saturated heterocycles. The minimum absolute atomic E-state index is 0.115. The van der Waals surface area contributed by atoms with Crippen molar-refractivity contribution in [1.29, 1.82) is 10.5 Å². The summed E-state index contributed by atoms with van der Waals surface area (Å²) in [7, 11) is 0. The molecule has 24 heavy (non-hydrogen) atoms. The van der Waals surface area contributed by atoms with Gasteiger partial charge in [0.2, 0.25) is 11.8 Å². The van der Waals surface area contributed by atoms with Crippen LogP contribution in [0.2, 0.25) is 5.02 Å². The second kappa shape index (κ2) is 8.33. The Morgan fingerprint density at radius 1 is 1.21 bits per heavy atom. The summed E-state index contributed by atoms with van der Waals surface area (Å²) in [6.45, 7) is 0.861. The molecule has 2 rings (SSSR count). The Bertz CT molecular complexity index is 672. The molecule has 0 aliphatic carbocycles. The smallest absolute Gasteiger partial charge is 0.228 e. The van der Waals surface area contributed by atoms with E-state index in [2.05, 4.69) is 0 Å². The van der Waals surface area contributed by atoms with Gasteiger partial charge in [-0.1, -0.05) is 11.6 Å². The van der Waals surface area contributed by atoms with Crippen LogP contribution in [-0.2, 0) is 9.59 Å². The lowest BCUT2D eigenvalue weighted by Crippen LogP contribution is -2.38. The fourth-order valence-corrected chi connectivity index (χ4v) is 2.83. The second-order valence-corrected chi connectivity index (χ2v) is 5.96. The van der Waals surface area contributed by atoms with Crippen molar-refractivity contribution >= 4 is 29.1 Å². The first-order valence-corrected chi connectivity index (χ1v) is 8.03. The van der Waals surface area contributed by atoms with E-state index in [9.17, 15) is 9.59 Å². The van der Waals surface area contributed by atoms with E-state index in [1.54, 1.807) is 29.2 Å². The highest BCUT2D eigenvalue weighted by Gasteiger charge is 2.37. The second-order valence-electron chi connectivity index (χ2n) is 5.52. The number of hydrogen-bond acceptors (Lipinski definition) is 4. The van der Waals surface area contributed by atoms with E-state index in [0.717, 1.165) is 0 Å². The number of anilines is 1. The minimum atomic E-state index is -0.453. The molecule has 0 N–H and O–H groups in total. The topological polar surface area (TPSA) is 88.2 Å². The standard InChI is InChI=1S/C17H17ClN4O2/c18-14-3-5-15(6-4-14)22-12-13(11-16(22)23)17(24)21(9-1-7-19)10-2-8-20/h3-6,13H,1-2,9-12H2/t13-/m1/s1. The lowest BCUT2D eigenvalue weighted by molar-refractivity contribution is -0.135. The third kappa shape index (κ3) is 4.24. The predicted octanol–water partition coefficient (Wildman–Crippen LogP) is 2.35. The summed E-state index contributed by atoms with van der Waals surface area (Å²) in [6.07, 6.45) is 0.550. The Labute approximate surface area is 145 Å². The van der Waals surface area contributed by atoms with Crippen LogP contribution in [0.15, 0.2) is 24.3 Å². The van der Waals surface area contributed by atoms with Crippen LogP contribution >= 0.6 is 11.6 Å². The molecule has 1 fully saturated rings. The molecule has 0 unspecified atom stereocenters. The Hall–Kier alpha value is -2.57. The molecule has 0 bridgehead atoms. The molecule has 1 aromatic rings. The number of carbonyl (C=O) groups excluding carboxylic acids is 2. The number of hydrogen-bond donors (Lipinski definition) is 0. The molecule has 1 aliphatic heterocycles. The molecule has 0 radical (unpaired) electrons. The van der Waals surface area contributed by atoms with Crippen molar-refractivity contribution in [2.24, 2.45) is 5.92 Å². The van der Waals surface area contributed by atoms with Crippen LogP contribution in [0.4, 0.5) is 5.69 Å². The summed E-state index contributed by atoms with van der Waals surface area (Å²) in [5.41, 5.74) is 0.709. The highest BCUT2D eigenvalue weighted by atomic mass is 35.5. The van der Waals surface area contributed by atoms with E-state index in [-0.39, 0.29) is 44.2 Å². The van der Waals surface area contributed by atoms with Gasteiger partial charge in [-0.05, 0) is 24.3 Å². The quantitative estimate of drug-likeness (QED) is 0.792. The van der Waals surface area contributed by atoms with E-state index >= 15 is 0 Å². The van der Waals surface area contributed by atoms with Gasteiger partial charge in [0.25, 0.3) is 0 Å². The molecule has 1 aliphatic rings. The molecular formula is C17H17ClN4O2. The summed E-state index contributed by atoms with van der Waals surface area (Å²) < 4.78 is 0. The fraction of sp³-hybridized carbons (Fsp3) is 0.412. The molecule has 1 aromatic carbocycles. The van der Waals surface area contributed by atoms with Crippen molar-refractivity contribution in [3.63, 3.8) is 0 Å². The normalized spacial score (nSPS) is 16.5. The maximum atomic E-state index is 12.6. The molecule has 1 atom stereocenters. The summed E-state index contributed by atoms with van der Waals surface area (Å²) >= 11 is 5.86. The lowest BCUT2D eigenvalue weighted by atomic mass is 10.1. The zero-order valence-corrected chi connectivity index (χ0v) is 13.9. The van der Waals surface area contributed by atoms with Crippen LogP contribution in [0.1, 0.15) is 19.3 Å². The Balaban J connectivity index is 2.07. The maximum absolute atomic E-state index is 12.6. The van der Waals surface area contributed by atoms with Gasteiger partial charge in [0, 0.05) is 36.8 Å². The SMILES string of the molecule is N#CCCN(CCC#N)C(=O)[C@@H]1CC(=O)N(c2ccc(Cl)cc2)C1. The number of nitriles is 2. The van der Waals surface area contributed by atoms with E-state index in [0.29, 0.717) is 17.3 Å². The zero-order valence-electron chi connectivity index (χ0n) is 13.1. The van der Waals surface area contributed by atoms with Gasteiger partial charge in [0.1, 0.15) is 0 Å². The van der Waals surface area contributed by atoms with Gasteiger partial charge >= 0.3 is 0 Å². The summed E-state index contributed by atoms with van der Waals surface area (Å²) in [5, 5.41) is 18.0.